The lowest BCUT2D eigenvalue weighted by Crippen LogP contribution is -2.60. The third-order valence-corrected chi connectivity index (χ3v) is 3.06. The van der Waals surface area contributed by atoms with Crippen LogP contribution in [0.2, 0.25) is 0 Å². The molecule has 6 nitrogen and oxygen atoms in total. The summed E-state index contributed by atoms with van der Waals surface area (Å²) in [7, 11) is 0. The Labute approximate surface area is 111 Å². The summed E-state index contributed by atoms with van der Waals surface area (Å²) in [5, 5.41) is 0. The van der Waals surface area contributed by atoms with E-state index >= 15 is 0 Å². The molecule has 0 aliphatic carbocycles. The van der Waals surface area contributed by atoms with Crippen LogP contribution in [-0.2, 0) is 5.66 Å². The standard InChI is InChI=1S/C13H17N5O/c14-17-13(18-15,10-4-2-1-3-5-10)11-6-8-12(19-16)9-7-11/h1-9,17-18H,14-16H2. The van der Waals surface area contributed by atoms with Gasteiger partial charge in [-0.2, -0.15) is 5.90 Å². The van der Waals surface area contributed by atoms with Crippen molar-refractivity contribution in [3.63, 3.8) is 0 Å². The maximum Gasteiger partial charge on any atom is 0.146 e. The van der Waals surface area contributed by atoms with Gasteiger partial charge in [-0.05, 0) is 23.3 Å². The summed E-state index contributed by atoms with van der Waals surface area (Å²) >= 11 is 0. The zero-order valence-corrected chi connectivity index (χ0v) is 10.3. The van der Waals surface area contributed by atoms with Gasteiger partial charge in [-0.25, -0.2) is 10.9 Å². The summed E-state index contributed by atoms with van der Waals surface area (Å²) in [5.74, 6) is 17.1. The van der Waals surface area contributed by atoms with Gasteiger partial charge in [-0.15, -0.1) is 0 Å². The molecule has 0 spiro atoms. The van der Waals surface area contributed by atoms with Crippen LogP contribution in [0.3, 0.4) is 0 Å². The summed E-state index contributed by atoms with van der Waals surface area (Å²) in [6.45, 7) is 0. The van der Waals surface area contributed by atoms with Gasteiger partial charge < -0.3 is 4.84 Å². The molecule has 2 aromatic rings. The molecule has 0 amide bonds. The van der Waals surface area contributed by atoms with E-state index in [1.54, 1.807) is 12.1 Å². The van der Waals surface area contributed by atoms with E-state index < -0.39 is 5.66 Å². The van der Waals surface area contributed by atoms with E-state index in [0.29, 0.717) is 5.75 Å². The van der Waals surface area contributed by atoms with Crippen molar-refractivity contribution >= 4 is 0 Å². The van der Waals surface area contributed by atoms with Crippen LogP contribution in [0.5, 0.6) is 5.75 Å². The van der Waals surface area contributed by atoms with E-state index in [1.165, 1.54) is 0 Å². The lowest BCUT2D eigenvalue weighted by Gasteiger charge is -2.33. The summed E-state index contributed by atoms with van der Waals surface area (Å²) in [4.78, 5) is 4.65. The third-order valence-electron chi connectivity index (χ3n) is 3.06. The van der Waals surface area contributed by atoms with Crippen LogP contribution in [0.4, 0.5) is 0 Å². The Balaban J connectivity index is 2.49. The van der Waals surface area contributed by atoms with E-state index in [9.17, 15) is 0 Å². The molecule has 2 aromatic carbocycles. The van der Waals surface area contributed by atoms with Gasteiger partial charge in [0, 0.05) is 0 Å². The molecule has 100 valence electrons. The van der Waals surface area contributed by atoms with Crippen molar-refractivity contribution in [1.82, 2.24) is 10.9 Å². The zero-order valence-electron chi connectivity index (χ0n) is 10.3. The van der Waals surface area contributed by atoms with E-state index in [1.807, 2.05) is 42.5 Å². The first-order valence-corrected chi connectivity index (χ1v) is 5.75. The summed E-state index contributed by atoms with van der Waals surface area (Å²) in [6, 6.07) is 16.7. The van der Waals surface area contributed by atoms with Gasteiger partial charge >= 0.3 is 0 Å². The fraction of sp³-hybridized carbons (Fsp3) is 0.0769. The predicted octanol–water partition coefficient (Wildman–Crippen LogP) is 0.0668. The fourth-order valence-corrected chi connectivity index (χ4v) is 2.01. The summed E-state index contributed by atoms with van der Waals surface area (Å²) in [6.07, 6.45) is 0. The molecule has 0 aliphatic heterocycles. The Morgan fingerprint density at radius 2 is 1.32 bits per heavy atom. The zero-order chi connectivity index (χ0) is 13.7. The molecule has 0 radical (unpaired) electrons. The molecule has 0 saturated heterocycles. The number of nitrogens with one attached hydrogen (secondary N) is 2. The van der Waals surface area contributed by atoms with Crippen LogP contribution in [0, 0.1) is 0 Å². The molecule has 0 heterocycles. The topological polar surface area (TPSA) is 111 Å². The molecule has 0 saturated carbocycles. The first-order chi connectivity index (χ1) is 9.26. The van der Waals surface area contributed by atoms with Crippen LogP contribution in [0.1, 0.15) is 11.1 Å². The molecule has 0 aliphatic rings. The number of nitrogens with two attached hydrogens (primary N) is 3. The second kappa shape index (κ2) is 5.79. The van der Waals surface area contributed by atoms with Gasteiger partial charge in [-0.3, -0.25) is 11.7 Å². The van der Waals surface area contributed by atoms with Crippen LogP contribution in [-0.4, -0.2) is 0 Å². The SMILES string of the molecule is NNC(NN)(c1ccccc1)c1ccc(ON)cc1. The van der Waals surface area contributed by atoms with E-state index in [4.69, 9.17) is 17.6 Å². The smallest absolute Gasteiger partial charge is 0.146 e. The maximum absolute atomic E-state index is 5.70. The Bertz CT molecular complexity index is 510. The quantitative estimate of drug-likeness (QED) is 0.295. The number of rotatable bonds is 5. The third kappa shape index (κ3) is 2.43. The molecule has 0 aromatic heterocycles. The van der Waals surface area contributed by atoms with E-state index in [0.717, 1.165) is 11.1 Å². The highest BCUT2D eigenvalue weighted by Crippen LogP contribution is 2.26. The van der Waals surface area contributed by atoms with Gasteiger partial charge in [0.25, 0.3) is 0 Å². The van der Waals surface area contributed by atoms with Gasteiger partial charge in [0.1, 0.15) is 11.4 Å². The Morgan fingerprint density at radius 3 is 1.79 bits per heavy atom. The average Bonchev–Trinajstić information content (AvgIpc) is 2.51. The minimum atomic E-state index is -0.881. The van der Waals surface area contributed by atoms with Crippen molar-refractivity contribution < 1.29 is 4.84 Å². The summed E-state index contributed by atoms with van der Waals surface area (Å²) in [5.41, 5.74) is 6.30. The number of hydrogen-bond donors (Lipinski definition) is 5. The van der Waals surface area contributed by atoms with E-state index in [-0.39, 0.29) is 0 Å². The molecule has 8 N–H and O–H groups in total. The molecule has 19 heavy (non-hydrogen) atoms. The van der Waals surface area contributed by atoms with Crippen molar-refractivity contribution in [1.29, 1.82) is 0 Å². The largest absolute Gasteiger partial charge is 0.412 e. The van der Waals surface area contributed by atoms with Crippen LogP contribution >= 0.6 is 0 Å². The van der Waals surface area contributed by atoms with Gasteiger partial charge in [-0.1, -0.05) is 42.5 Å². The first kappa shape index (κ1) is 13.5. The molecule has 0 unspecified atom stereocenters. The second-order valence-corrected chi connectivity index (χ2v) is 4.05. The second-order valence-electron chi connectivity index (χ2n) is 4.05. The predicted molar refractivity (Wildman–Crippen MR) is 73.1 cm³/mol. The fourth-order valence-electron chi connectivity index (χ4n) is 2.01. The maximum atomic E-state index is 5.70. The Morgan fingerprint density at radius 1 is 0.789 bits per heavy atom. The lowest BCUT2D eigenvalue weighted by atomic mass is 9.92. The van der Waals surface area contributed by atoms with Gasteiger partial charge in [0.2, 0.25) is 0 Å². The van der Waals surface area contributed by atoms with E-state index in [2.05, 4.69) is 15.7 Å². The molecule has 2 rings (SSSR count). The van der Waals surface area contributed by atoms with Crippen molar-refractivity contribution in [2.75, 3.05) is 0 Å². The highest BCUT2D eigenvalue weighted by molar-refractivity contribution is 5.39. The highest BCUT2D eigenvalue weighted by Gasteiger charge is 2.31. The minimum Gasteiger partial charge on any atom is -0.412 e. The first-order valence-electron chi connectivity index (χ1n) is 5.75. The number of hydrogen-bond acceptors (Lipinski definition) is 6. The highest BCUT2D eigenvalue weighted by atomic mass is 16.6. The molecule has 0 bridgehead atoms. The molecular weight excluding hydrogens is 242 g/mol. The molecule has 6 heteroatoms. The Kier molecular flexibility index (Phi) is 4.10. The van der Waals surface area contributed by atoms with Gasteiger partial charge in [0.15, 0.2) is 0 Å². The summed E-state index contributed by atoms with van der Waals surface area (Å²) < 4.78 is 0. The van der Waals surface area contributed by atoms with Crippen LogP contribution < -0.4 is 33.3 Å². The lowest BCUT2D eigenvalue weighted by molar-refractivity contribution is 0.324. The van der Waals surface area contributed by atoms with Crippen molar-refractivity contribution in [2.45, 2.75) is 5.66 Å². The molecular formula is C13H17N5O. The van der Waals surface area contributed by atoms with Crippen molar-refractivity contribution in [3.05, 3.63) is 65.7 Å². The number of hydrazine groups is 2. The minimum absolute atomic E-state index is 0.555. The van der Waals surface area contributed by atoms with Crippen LogP contribution in [0.15, 0.2) is 54.6 Å². The average molecular weight is 259 g/mol. The van der Waals surface area contributed by atoms with Crippen molar-refractivity contribution in [3.8, 4) is 5.75 Å². The normalized spacial score (nSPS) is 11.3. The van der Waals surface area contributed by atoms with Gasteiger partial charge in [0.05, 0.1) is 0 Å². The van der Waals surface area contributed by atoms with Crippen molar-refractivity contribution in [2.24, 2.45) is 17.6 Å². The number of benzene rings is 2. The monoisotopic (exact) mass is 259 g/mol. The molecule has 0 fully saturated rings. The van der Waals surface area contributed by atoms with Crippen LogP contribution in [0.25, 0.3) is 0 Å². The molecule has 0 atom stereocenters. The Hall–Kier alpha value is -1.96.